The highest BCUT2D eigenvalue weighted by Crippen LogP contribution is 2.15. The number of aliphatic hydroxyl groups is 1. The molecule has 0 bridgehead atoms. The standard InChI is InChI=1S/C17H24F3N3O3/c1-12(2)14(10-24)23(8-13-6-4-3-5-7-13)9-15(25)22-16(26)21-11-17(18,19)20/h3-7,12,14,24H,8-11H2,1-2H3,(H2,21,22,25,26). The second-order valence-corrected chi connectivity index (χ2v) is 6.23. The Balaban J connectivity index is 2.72. The number of nitrogens with one attached hydrogen (secondary N) is 2. The molecular formula is C17H24F3N3O3. The van der Waals surface area contributed by atoms with E-state index >= 15 is 0 Å². The number of imide groups is 1. The molecule has 0 spiro atoms. The van der Waals surface area contributed by atoms with Crippen LogP contribution in [-0.4, -0.2) is 53.9 Å². The molecular weight excluding hydrogens is 351 g/mol. The fourth-order valence-corrected chi connectivity index (χ4v) is 2.43. The zero-order chi connectivity index (χ0) is 19.7. The highest BCUT2D eigenvalue weighted by atomic mass is 19.4. The van der Waals surface area contributed by atoms with Crippen molar-refractivity contribution < 1.29 is 27.9 Å². The minimum atomic E-state index is -4.56. The van der Waals surface area contributed by atoms with Crippen molar-refractivity contribution in [3.8, 4) is 0 Å². The van der Waals surface area contributed by atoms with E-state index in [-0.39, 0.29) is 25.1 Å². The van der Waals surface area contributed by atoms with Crippen molar-refractivity contribution in [2.75, 3.05) is 19.7 Å². The lowest BCUT2D eigenvalue weighted by molar-refractivity contribution is -0.125. The molecule has 3 N–H and O–H groups in total. The van der Waals surface area contributed by atoms with Crippen LogP contribution in [-0.2, 0) is 11.3 Å². The summed E-state index contributed by atoms with van der Waals surface area (Å²) < 4.78 is 36.2. The van der Waals surface area contributed by atoms with Crippen LogP contribution in [0.5, 0.6) is 0 Å². The first-order valence-electron chi connectivity index (χ1n) is 8.15. The Kier molecular flexibility index (Phi) is 8.53. The minimum Gasteiger partial charge on any atom is -0.395 e. The van der Waals surface area contributed by atoms with E-state index in [1.54, 1.807) is 10.2 Å². The summed E-state index contributed by atoms with van der Waals surface area (Å²) in [5.74, 6) is -0.727. The average Bonchev–Trinajstić information content (AvgIpc) is 2.53. The maximum absolute atomic E-state index is 12.1. The number of hydrogen-bond donors (Lipinski definition) is 3. The molecule has 0 saturated carbocycles. The van der Waals surface area contributed by atoms with E-state index in [0.717, 1.165) is 5.56 Å². The van der Waals surface area contributed by atoms with E-state index in [0.29, 0.717) is 6.54 Å². The molecule has 146 valence electrons. The van der Waals surface area contributed by atoms with Gasteiger partial charge in [-0.25, -0.2) is 4.79 Å². The number of hydrogen-bond acceptors (Lipinski definition) is 4. The van der Waals surface area contributed by atoms with Gasteiger partial charge in [0, 0.05) is 12.6 Å². The molecule has 0 saturated heterocycles. The van der Waals surface area contributed by atoms with Gasteiger partial charge in [-0.05, 0) is 11.5 Å². The predicted octanol–water partition coefficient (Wildman–Crippen LogP) is 1.89. The molecule has 1 aromatic carbocycles. The van der Waals surface area contributed by atoms with Crippen molar-refractivity contribution in [2.45, 2.75) is 32.6 Å². The zero-order valence-corrected chi connectivity index (χ0v) is 14.7. The third kappa shape index (κ3) is 8.30. The van der Waals surface area contributed by atoms with Crippen molar-refractivity contribution in [1.29, 1.82) is 0 Å². The van der Waals surface area contributed by atoms with Gasteiger partial charge in [0.25, 0.3) is 0 Å². The van der Waals surface area contributed by atoms with Gasteiger partial charge >= 0.3 is 12.2 Å². The summed E-state index contributed by atoms with van der Waals surface area (Å²) in [4.78, 5) is 25.1. The Morgan fingerprint density at radius 2 is 1.81 bits per heavy atom. The molecule has 1 unspecified atom stereocenters. The van der Waals surface area contributed by atoms with Crippen LogP contribution in [0.4, 0.5) is 18.0 Å². The summed E-state index contributed by atoms with van der Waals surface area (Å²) in [5.41, 5.74) is 0.904. The summed E-state index contributed by atoms with van der Waals surface area (Å²) in [6.45, 7) is 2.16. The van der Waals surface area contributed by atoms with Crippen LogP contribution in [0, 0.1) is 5.92 Å². The molecule has 0 aromatic heterocycles. The second kappa shape index (κ2) is 10.1. The van der Waals surface area contributed by atoms with Gasteiger partial charge in [0.2, 0.25) is 5.91 Å². The molecule has 0 aliphatic heterocycles. The largest absolute Gasteiger partial charge is 0.405 e. The first-order valence-corrected chi connectivity index (χ1v) is 8.15. The molecule has 0 aliphatic carbocycles. The molecule has 1 rings (SSSR count). The van der Waals surface area contributed by atoms with Crippen molar-refractivity contribution in [3.63, 3.8) is 0 Å². The minimum absolute atomic E-state index is 0.0237. The molecule has 0 heterocycles. The molecule has 1 atom stereocenters. The highest BCUT2D eigenvalue weighted by molar-refractivity contribution is 5.95. The quantitative estimate of drug-likeness (QED) is 0.648. The van der Waals surface area contributed by atoms with Gasteiger partial charge in [0.1, 0.15) is 6.54 Å². The van der Waals surface area contributed by atoms with Gasteiger partial charge in [0.15, 0.2) is 0 Å². The first kappa shape index (κ1) is 21.9. The Labute approximate surface area is 150 Å². The number of nitrogens with zero attached hydrogens (tertiary/aromatic N) is 1. The van der Waals surface area contributed by atoms with Crippen LogP contribution in [0.15, 0.2) is 30.3 Å². The maximum atomic E-state index is 12.1. The van der Waals surface area contributed by atoms with Crippen LogP contribution in [0.1, 0.15) is 19.4 Å². The van der Waals surface area contributed by atoms with E-state index in [2.05, 4.69) is 0 Å². The number of benzene rings is 1. The van der Waals surface area contributed by atoms with Crippen LogP contribution < -0.4 is 10.6 Å². The lowest BCUT2D eigenvalue weighted by Gasteiger charge is -2.32. The SMILES string of the molecule is CC(C)C(CO)N(CC(=O)NC(=O)NCC(F)(F)F)Cc1ccccc1. The Bertz CT molecular complexity index is 580. The number of halogens is 3. The average molecular weight is 375 g/mol. The predicted molar refractivity (Wildman–Crippen MR) is 90.2 cm³/mol. The van der Waals surface area contributed by atoms with E-state index in [1.807, 2.05) is 49.5 Å². The lowest BCUT2D eigenvalue weighted by Crippen LogP contribution is -2.50. The van der Waals surface area contributed by atoms with Gasteiger partial charge in [-0.15, -0.1) is 0 Å². The number of urea groups is 1. The molecule has 9 heteroatoms. The molecule has 6 nitrogen and oxygen atoms in total. The molecule has 1 aromatic rings. The van der Waals surface area contributed by atoms with Gasteiger partial charge < -0.3 is 10.4 Å². The van der Waals surface area contributed by atoms with Crippen molar-refractivity contribution in [3.05, 3.63) is 35.9 Å². The summed E-state index contributed by atoms with van der Waals surface area (Å²) >= 11 is 0. The third-order valence-electron chi connectivity index (χ3n) is 3.70. The molecule has 26 heavy (non-hydrogen) atoms. The van der Waals surface area contributed by atoms with Gasteiger partial charge in [0.05, 0.1) is 13.2 Å². The van der Waals surface area contributed by atoms with Crippen molar-refractivity contribution in [2.24, 2.45) is 5.92 Å². The van der Waals surface area contributed by atoms with Crippen molar-refractivity contribution in [1.82, 2.24) is 15.5 Å². The lowest BCUT2D eigenvalue weighted by atomic mass is 10.0. The summed E-state index contributed by atoms with van der Waals surface area (Å²) in [5, 5.41) is 13.1. The zero-order valence-electron chi connectivity index (χ0n) is 14.7. The number of aliphatic hydroxyl groups excluding tert-OH is 1. The second-order valence-electron chi connectivity index (χ2n) is 6.23. The molecule has 3 amide bonds. The number of alkyl halides is 3. The number of carbonyl (C=O) groups is 2. The molecule has 0 aliphatic rings. The van der Waals surface area contributed by atoms with Crippen LogP contribution >= 0.6 is 0 Å². The van der Waals surface area contributed by atoms with Gasteiger partial charge in [-0.2, -0.15) is 13.2 Å². The summed E-state index contributed by atoms with van der Waals surface area (Å²) in [6.07, 6.45) is -4.56. The fourth-order valence-electron chi connectivity index (χ4n) is 2.43. The van der Waals surface area contributed by atoms with E-state index in [9.17, 15) is 27.9 Å². The van der Waals surface area contributed by atoms with E-state index < -0.39 is 24.7 Å². The maximum Gasteiger partial charge on any atom is 0.405 e. The number of amides is 3. The monoisotopic (exact) mass is 375 g/mol. The van der Waals surface area contributed by atoms with Crippen LogP contribution in [0.2, 0.25) is 0 Å². The van der Waals surface area contributed by atoms with E-state index in [1.165, 1.54) is 0 Å². The van der Waals surface area contributed by atoms with Crippen molar-refractivity contribution >= 4 is 11.9 Å². The topological polar surface area (TPSA) is 81.7 Å². The Morgan fingerprint density at radius 1 is 1.19 bits per heavy atom. The fraction of sp³-hybridized carbons (Fsp3) is 0.529. The van der Waals surface area contributed by atoms with E-state index in [4.69, 9.17) is 0 Å². The number of carbonyl (C=O) groups excluding carboxylic acids is 2. The van der Waals surface area contributed by atoms with Gasteiger partial charge in [-0.1, -0.05) is 44.2 Å². The Hall–Kier alpha value is -2.13. The highest BCUT2D eigenvalue weighted by Gasteiger charge is 2.28. The Morgan fingerprint density at radius 3 is 2.31 bits per heavy atom. The summed E-state index contributed by atoms with van der Waals surface area (Å²) in [6, 6.07) is 7.67. The first-order chi connectivity index (χ1) is 12.1. The van der Waals surface area contributed by atoms with Gasteiger partial charge in [-0.3, -0.25) is 15.0 Å². The van der Waals surface area contributed by atoms with Crippen LogP contribution in [0.25, 0.3) is 0 Å². The third-order valence-corrected chi connectivity index (χ3v) is 3.70. The number of rotatable bonds is 8. The normalized spacial score (nSPS) is 12.9. The molecule has 0 fully saturated rings. The van der Waals surface area contributed by atoms with Crippen LogP contribution in [0.3, 0.4) is 0 Å². The smallest absolute Gasteiger partial charge is 0.395 e. The molecule has 0 radical (unpaired) electrons. The summed E-state index contributed by atoms with van der Waals surface area (Å²) in [7, 11) is 0.